The molecule has 0 atom stereocenters. The van der Waals surface area contributed by atoms with E-state index in [1.54, 1.807) is 29.6 Å². The number of rotatable bonds is 6. The van der Waals surface area contributed by atoms with Gasteiger partial charge in [-0.05, 0) is 24.3 Å². The number of guanidine groups is 1. The molecule has 0 unspecified atom stereocenters. The smallest absolute Gasteiger partial charge is 0.416 e. The van der Waals surface area contributed by atoms with Crippen LogP contribution in [0.25, 0.3) is 11.3 Å². The molecule has 0 saturated heterocycles. The molecule has 0 bridgehead atoms. The lowest BCUT2D eigenvalue weighted by molar-refractivity contribution is -0.137. The number of ether oxygens (including phenoxy) is 2. The van der Waals surface area contributed by atoms with Gasteiger partial charge in [0.1, 0.15) is 11.5 Å². The number of methoxy groups -OCH3 is 2. The molecule has 30 heavy (non-hydrogen) atoms. The van der Waals surface area contributed by atoms with Crippen molar-refractivity contribution < 1.29 is 22.6 Å². The van der Waals surface area contributed by atoms with Gasteiger partial charge in [-0.25, -0.2) is 4.98 Å². The Kier molecular flexibility index (Phi) is 6.16. The Morgan fingerprint density at radius 3 is 2.33 bits per heavy atom. The molecule has 10 heteroatoms. The van der Waals surface area contributed by atoms with E-state index in [1.807, 2.05) is 0 Å². The molecule has 3 aromatic rings. The predicted octanol–water partition coefficient (Wildman–Crippen LogP) is 4.75. The van der Waals surface area contributed by atoms with Crippen LogP contribution in [0.2, 0.25) is 0 Å². The minimum atomic E-state index is -4.44. The second-order valence-electron chi connectivity index (χ2n) is 6.21. The van der Waals surface area contributed by atoms with Crippen molar-refractivity contribution in [1.82, 2.24) is 4.98 Å². The molecule has 158 valence electrons. The SMILES string of the molecule is COc1cccc(OC)c1CN(C(=N)N)c1nc(-c2cccc(C(F)(F)F)c2)cs1. The summed E-state index contributed by atoms with van der Waals surface area (Å²) in [6.07, 6.45) is -4.44. The third-order valence-electron chi connectivity index (χ3n) is 4.35. The molecule has 1 heterocycles. The van der Waals surface area contributed by atoms with Crippen molar-refractivity contribution in [3.05, 3.63) is 59.0 Å². The molecule has 0 fully saturated rings. The summed E-state index contributed by atoms with van der Waals surface area (Å²) in [5.74, 6) is 0.832. The zero-order valence-electron chi connectivity index (χ0n) is 16.2. The molecule has 3 N–H and O–H groups in total. The molecule has 1 aromatic heterocycles. The number of hydrogen-bond acceptors (Lipinski definition) is 5. The molecule has 6 nitrogen and oxygen atoms in total. The van der Waals surface area contributed by atoms with Crippen molar-refractivity contribution >= 4 is 22.4 Å². The van der Waals surface area contributed by atoms with E-state index in [0.29, 0.717) is 33.5 Å². The van der Waals surface area contributed by atoms with Gasteiger partial charge in [0.25, 0.3) is 0 Å². The van der Waals surface area contributed by atoms with E-state index in [1.165, 1.54) is 36.5 Å². The number of nitrogens with two attached hydrogens (primary N) is 1. The third-order valence-corrected chi connectivity index (χ3v) is 5.21. The van der Waals surface area contributed by atoms with Gasteiger partial charge in [0, 0.05) is 10.9 Å². The summed E-state index contributed by atoms with van der Waals surface area (Å²) in [5.41, 5.74) is 6.37. The molecular formula is C20H19F3N4O2S. The summed E-state index contributed by atoms with van der Waals surface area (Å²) in [7, 11) is 3.04. The fraction of sp³-hybridized carbons (Fsp3) is 0.200. The number of thiazole rings is 1. The van der Waals surface area contributed by atoms with Crippen LogP contribution < -0.4 is 20.1 Å². The number of anilines is 1. The Morgan fingerprint density at radius 1 is 1.13 bits per heavy atom. The van der Waals surface area contributed by atoms with Crippen LogP contribution in [0.1, 0.15) is 11.1 Å². The predicted molar refractivity (Wildman–Crippen MR) is 110 cm³/mol. The molecule has 0 aliphatic rings. The fourth-order valence-electron chi connectivity index (χ4n) is 2.87. The summed E-state index contributed by atoms with van der Waals surface area (Å²) in [6, 6.07) is 10.2. The zero-order valence-corrected chi connectivity index (χ0v) is 17.0. The average Bonchev–Trinajstić information content (AvgIpc) is 3.20. The summed E-state index contributed by atoms with van der Waals surface area (Å²) in [6.45, 7) is 0.137. The molecule has 0 aliphatic heterocycles. The summed E-state index contributed by atoms with van der Waals surface area (Å²) >= 11 is 1.17. The largest absolute Gasteiger partial charge is 0.496 e. The number of nitrogens with zero attached hydrogens (tertiary/aromatic N) is 2. The van der Waals surface area contributed by atoms with Gasteiger partial charge in [0.2, 0.25) is 0 Å². The Morgan fingerprint density at radius 2 is 1.77 bits per heavy atom. The van der Waals surface area contributed by atoms with E-state index in [4.69, 9.17) is 20.6 Å². The van der Waals surface area contributed by atoms with Crippen LogP contribution >= 0.6 is 11.3 Å². The lowest BCUT2D eigenvalue weighted by Crippen LogP contribution is -2.36. The van der Waals surface area contributed by atoms with Crippen molar-refractivity contribution in [2.75, 3.05) is 19.1 Å². The van der Waals surface area contributed by atoms with Gasteiger partial charge in [0.05, 0.1) is 37.6 Å². The molecule has 2 aromatic carbocycles. The van der Waals surface area contributed by atoms with Gasteiger partial charge >= 0.3 is 6.18 Å². The summed E-state index contributed by atoms with van der Waals surface area (Å²) in [4.78, 5) is 5.84. The van der Waals surface area contributed by atoms with Crippen LogP contribution in [0.3, 0.4) is 0 Å². The van der Waals surface area contributed by atoms with Gasteiger partial charge in [-0.3, -0.25) is 10.3 Å². The molecule has 0 spiro atoms. The average molecular weight is 436 g/mol. The van der Waals surface area contributed by atoms with E-state index in [9.17, 15) is 13.2 Å². The van der Waals surface area contributed by atoms with E-state index in [2.05, 4.69) is 4.98 Å². The van der Waals surface area contributed by atoms with E-state index >= 15 is 0 Å². The quantitative estimate of drug-likeness (QED) is 0.431. The van der Waals surface area contributed by atoms with Crippen LogP contribution in [0.4, 0.5) is 18.3 Å². The molecular weight excluding hydrogens is 417 g/mol. The molecule has 0 saturated carbocycles. The van der Waals surface area contributed by atoms with Gasteiger partial charge < -0.3 is 15.2 Å². The normalized spacial score (nSPS) is 11.2. The van der Waals surface area contributed by atoms with Crippen molar-refractivity contribution in [2.45, 2.75) is 12.7 Å². The van der Waals surface area contributed by atoms with E-state index in [0.717, 1.165) is 12.1 Å². The highest BCUT2D eigenvalue weighted by atomic mass is 32.1. The number of aromatic nitrogens is 1. The topological polar surface area (TPSA) is 84.5 Å². The van der Waals surface area contributed by atoms with Crippen LogP contribution in [0.5, 0.6) is 11.5 Å². The molecule has 0 amide bonds. The lowest BCUT2D eigenvalue weighted by Gasteiger charge is -2.22. The highest BCUT2D eigenvalue weighted by Crippen LogP contribution is 2.35. The van der Waals surface area contributed by atoms with Crippen molar-refractivity contribution in [1.29, 1.82) is 5.41 Å². The summed E-state index contributed by atoms with van der Waals surface area (Å²) in [5, 5.41) is 9.95. The Balaban J connectivity index is 1.96. The first-order valence-electron chi connectivity index (χ1n) is 8.69. The second kappa shape index (κ2) is 8.62. The lowest BCUT2D eigenvalue weighted by atomic mass is 10.1. The van der Waals surface area contributed by atoms with Crippen molar-refractivity contribution in [2.24, 2.45) is 5.73 Å². The fourth-order valence-corrected chi connectivity index (χ4v) is 3.72. The number of alkyl halides is 3. The van der Waals surface area contributed by atoms with Crippen LogP contribution in [-0.2, 0) is 12.7 Å². The van der Waals surface area contributed by atoms with Gasteiger partial charge in [-0.15, -0.1) is 11.3 Å². The number of benzene rings is 2. The van der Waals surface area contributed by atoms with E-state index < -0.39 is 11.7 Å². The number of halogens is 3. The maximum Gasteiger partial charge on any atom is 0.416 e. The third kappa shape index (κ3) is 4.48. The molecule has 0 aliphatic carbocycles. The second-order valence-corrected chi connectivity index (χ2v) is 7.04. The van der Waals surface area contributed by atoms with Crippen molar-refractivity contribution in [3.63, 3.8) is 0 Å². The highest BCUT2D eigenvalue weighted by molar-refractivity contribution is 7.14. The van der Waals surface area contributed by atoms with Gasteiger partial charge in [-0.1, -0.05) is 18.2 Å². The monoisotopic (exact) mass is 436 g/mol. The number of hydrogen-bond donors (Lipinski definition) is 2. The number of nitrogens with one attached hydrogen (secondary N) is 1. The first-order chi connectivity index (χ1) is 14.2. The highest BCUT2D eigenvalue weighted by Gasteiger charge is 2.30. The maximum atomic E-state index is 13.0. The summed E-state index contributed by atoms with van der Waals surface area (Å²) < 4.78 is 49.8. The molecule has 0 radical (unpaired) electrons. The Labute approximate surface area is 175 Å². The van der Waals surface area contributed by atoms with Crippen LogP contribution in [0.15, 0.2) is 47.8 Å². The van der Waals surface area contributed by atoms with E-state index in [-0.39, 0.29) is 12.5 Å². The minimum Gasteiger partial charge on any atom is -0.496 e. The van der Waals surface area contributed by atoms with Crippen LogP contribution in [0, 0.1) is 5.41 Å². The van der Waals surface area contributed by atoms with Crippen molar-refractivity contribution in [3.8, 4) is 22.8 Å². The zero-order chi connectivity index (χ0) is 21.9. The molecule has 3 rings (SSSR count). The van der Waals surface area contributed by atoms with Gasteiger partial charge in [0.15, 0.2) is 11.1 Å². The first-order valence-corrected chi connectivity index (χ1v) is 9.57. The standard InChI is InChI=1S/C20H19F3N4O2S/c1-28-16-7-4-8-17(29-2)14(16)10-27(18(24)25)19-26-15(11-30-19)12-5-3-6-13(9-12)20(21,22)23/h3-9,11H,10H2,1-2H3,(H3,24,25). The van der Waals surface area contributed by atoms with Gasteiger partial charge in [-0.2, -0.15) is 13.2 Å². The minimum absolute atomic E-state index is 0.137. The first kappa shape index (κ1) is 21.4. The Bertz CT molecular complexity index is 1030. The maximum absolute atomic E-state index is 13.0. The van der Waals surface area contributed by atoms with Crippen LogP contribution in [-0.4, -0.2) is 25.2 Å². The Hall–Kier alpha value is -3.27.